The lowest BCUT2D eigenvalue weighted by molar-refractivity contribution is -0.121. The molecule has 0 heterocycles. The van der Waals surface area contributed by atoms with Crippen LogP contribution in [-0.4, -0.2) is 31.3 Å². The van der Waals surface area contributed by atoms with Gasteiger partial charge in [0.1, 0.15) is 5.75 Å². The Bertz CT molecular complexity index is 441. The summed E-state index contributed by atoms with van der Waals surface area (Å²) in [6, 6.07) is 6.04. The van der Waals surface area contributed by atoms with Crippen LogP contribution in [0.25, 0.3) is 0 Å². The molecule has 0 aliphatic carbocycles. The molecule has 0 aliphatic rings. The maximum absolute atomic E-state index is 11.4. The van der Waals surface area contributed by atoms with Crippen LogP contribution in [0.1, 0.15) is 31.4 Å². The van der Waals surface area contributed by atoms with Crippen LogP contribution in [-0.2, 0) is 10.2 Å². The van der Waals surface area contributed by atoms with Crippen LogP contribution in [0.15, 0.2) is 18.2 Å². The Morgan fingerprint density at radius 3 is 2.63 bits per heavy atom. The minimum absolute atomic E-state index is 0.117. The fourth-order valence-electron chi connectivity index (χ4n) is 1.91. The van der Waals surface area contributed by atoms with Gasteiger partial charge in [-0.2, -0.15) is 0 Å². The molecule has 0 aromatic heterocycles. The molecule has 1 aromatic carbocycles. The lowest BCUT2D eigenvalue weighted by atomic mass is 9.83. The first-order chi connectivity index (χ1) is 8.90. The molecule has 106 valence electrons. The SMILES string of the molecule is COc1ccc(C(C)(C)CNC(=O)CCO)cc1C. The minimum atomic E-state index is -0.165. The molecule has 1 amide bonds. The van der Waals surface area contributed by atoms with Gasteiger partial charge >= 0.3 is 0 Å². The number of benzene rings is 1. The summed E-state index contributed by atoms with van der Waals surface area (Å²) < 4.78 is 5.25. The molecule has 4 heteroatoms. The maximum Gasteiger partial charge on any atom is 0.222 e. The van der Waals surface area contributed by atoms with Crippen LogP contribution in [0.2, 0.25) is 0 Å². The van der Waals surface area contributed by atoms with Crippen LogP contribution >= 0.6 is 0 Å². The third-order valence-corrected chi connectivity index (χ3v) is 3.24. The van der Waals surface area contributed by atoms with Gasteiger partial charge in [0.15, 0.2) is 0 Å². The van der Waals surface area contributed by atoms with Crippen molar-refractivity contribution in [2.75, 3.05) is 20.3 Å². The average molecular weight is 265 g/mol. The summed E-state index contributed by atoms with van der Waals surface area (Å²) in [5, 5.41) is 11.5. The van der Waals surface area contributed by atoms with Crippen molar-refractivity contribution in [2.45, 2.75) is 32.6 Å². The Morgan fingerprint density at radius 2 is 2.11 bits per heavy atom. The van der Waals surface area contributed by atoms with E-state index in [-0.39, 0.29) is 24.3 Å². The van der Waals surface area contributed by atoms with Gasteiger partial charge in [-0.3, -0.25) is 4.79 Å². The first-order valence-electron chi connectivity index (χ1n) is 6.43. The summed E-state index contributed by atoms with van der Waals surface area (Å²) >= 11 is 0. The van der Waals surface area contributed by atoms with Gasteiger partial charge in [0.2, 0.25) is 5.91 Å². The van der Waals surface area contributed by atoms with Crippen molar-refractivity contribution in [3.63, 3.8) is 0 Å². The molecule has 0 atom stereocenters. The zero-order valence-corrected chi connectivity index (χ0v) is 12.1. The van der Waals surface area contributed by atoms with Gasteiger partial charge in [-0.15, -0.1) is 0 Å². The van der Waals surface area contributed by atoms with Crippen molar-refractivity contribution in [3.8, 4) is 5.75 Å². The monoisotopic (exact) mass is 265 g/mol. The fraction of sp³-hybridized carbons (Fsp3) is 0.533. The van der Waals surface area contributed by atoms with E-state index >= 15 is 0 Å². The first kappa shape index (κ1) is 15.5. The molecule has 0 saturated carbocycles. The molecule has 1 aromatic rings. The number of rotatable bonds is 6. The van der Waals surface area contributed by atoms with Crippen molar-refractivity contribution in [3.05, 3.63) is 29.3 Å². The van der Waals surface area contributed by atoms with E-state index in [1.54, 1.807) is 7.11 Å². The highest BCUT2D eigenvalue weighted by molar-refractivity contribution is 5.76. The Labute approximate surface area is 114 Å². The molecule has 4 nitrogen and oxygen atoms in total. The van der Waals surface area contributed by atoms with Gasteiger partial charge in [-0.25, -0.2) is 0 Å². The van der Waals surface area contributed by atoms with E-state index in [1.165, 1.54) is 0 Å². The standard InChI is InChI=1S/C15H23NO3/c1-11-9-12(5-6-13(11)19-4)15(2,3)10-16-14(18)7-8-17/h5-6,9,17H,7-8,10H2,1-4H3,(H,16,18). The second-order valence-corrected chi connectivity index (χ2v) is 5.32. The highest BCUT2D eigenvalue weighted by Crippen LogP contribution is 2.27. The maximum atomic E-state index is 11.4. The van der Waals surface area contributed by atoms with Crippen LogP contribution in [0.5, 0.6) is 5.75 Å². The van der Waals surface area contributed by atoms with Crippen molar-refractivity contribution < 1.29 is 14.6 Å². The van der Waals surface area contributed by atoms with Crippen molar-refractivity contribution in [2.24, 2.45) is 0 Å². The topological polar surface area (TPSA) is 58.6 Å². The molecular weight excluding hydrogens is 242 g/mol. The molecule has 0 bridgehead atoms. The smallest absolute Gasteiger partial charge is 0.222 e. The van der Waals surface area contributed by atoms with Gasteiger partial charge in [0.05, 0.1) is 13.7 Å². The summed E-state index contributed by atoms with van der Waals surface area (Å²) in [5.41, 5.74) is 2.06. The molecule has 0 spiro atoms. The molecule has 0 saturated heterocycles. The van der Waals surface area contributed by atoms with Crippen molar-refractivity contribution in [1.82, 2.24) is 5.32 Å². The van der Waals surface area contributed by atoms with Gasteiger partial charge in [-0.05, 0) is 24.1 Å². The minimum Gasteiger partial charge on any atom is -0.496 e. The number of nitrogens with one attached hydrogen (secondary N) is 1. The molecular formula is C15H23NO3. The first-order valence-corrected chi connectivity index (χ1v) is 6.43. The van der Waals surface area contributed by atoms with Crippen molar-refractivity contribution in [1.29, 1.82) is 0 Å². The number of aryl methyl sites for hydroxylation is 1. The van der Waals surface area contributed by atoms with E-state index in [4.69, 9.17) is 9.84 Å². The number of carbonyl (C=O) groups is 1. The quantitative estimate of drug-likeness (QED) is 0.824. The van der Waals surface area contributed by atoms with Crippen LogP contribution in [0.3, 0.4) is 0 Å². The van der Waals surface area contributed by atoms with Gasteiger partial charge in [0, 0.05) is 18.4 Å². The number of aliphatic hydroxyl groups excluding tert-OH is 1. The zero-order valence-electron chi connectivity index (χ0n) is 12.1. The summed E-state index contributed by atoms with van der Waals surface area (Å²) in [4.78, 5) is 11.4. The number of aliphatic hydroxyl groups is 1. The number of hydrogen-bond donors (Lipinski definition) is 2. The molecule has 0 unspecified atom stereocenters. The highest BCUT2D eigenvalue weighted by atomic mass is 16.5. The number of methoxy groups -OCH3 is 1. The third kappa shape index (κ3) is 4.24. The molecule has 0 radical (unpaired) electrons. The van der Waals surface area contributed by atoms with E-state index in [2.05, 4.69) is 25.2 Å². The molecule has 19 heavy (non-hydrogen) atoms. The molecule has 0 fully saturated rings. The summed E-state index contributed by atoms with van der Waals surface area (Å²) in [6.07, 6.45) is 0.151. The van der Waals surface area contributed by atoms with Crippen LogP contribution in [0, 0.1) is 6.92 Å². The van der Waals surface area contributed by atoms with Crippen LogP contribution < -0.4 is 10.1 Å². The van der Waals surface area contributed by atoms with Gasteiger partial charge in [0.25, 0.3) is 0 Å². The number of ether oxygens (including phenoxy) is 1. The van der Waals surface area contributed by atoms with Crippen LogP contribution in [0.4, 0.5) is 0 Å². The highest BCUT2D eigenvalue weighted by Gasteiger charge is 2.22. The Kier molecular flexibility index (Phi) is 5.36. The lowest BCUT2D eigenvalue weighted by Crippen LogP contribution is -2.37. The van der Waals surface area contributed by atoms with Crippen molar-refractivity contribution >= 4 is 5.91 Å². The predicted molar refractivity (Wildman–Crippen MR) is 75.5 cm³/mol. The second kappa shape index (κ2) is 6.57. The second-order valence-electron chi connectivity index (χ2n) is 5.32. The number of carbonyl (C=O) groups excluding carboxylic acids is 1. The predicted octanol–water partition coefficient (Wildman–Crippen LogP) is 1.78. The summed E-state index contributed by atoms with van der Waals surface area (Å²) in [7, 11) is 1.66. The average Bonchev–Trinajstić information content (AvgIpc) is 2.37. The zero-order chi connectivity index (χ0) is 14.5. The third-order valence-electron chi connectivity index (χ3n) is 3.24. The van der Waals surface area contributed by atoms with E-state index in [9.17, 15) is 4.79 Å². The lowest BCUT2D eigenvalue weighted by Gasteiger charge is -2.26. The van der Waals surface area contributed by atoms with Gasteiger partial charge < -0.3 is 15.2 Å². The molecule has 1 rings (SSSR count). The summed E-state index contributed by atoms with van der Waals surface area (Å²) in [6.45, 7) is 6.58. The number of amides is 1. The van der Waals surface area contributed by atoms with E-state index in [1.807, 2.05) is 19.1 Å². The van der Waals surface area contributed by atoms with E-state index < -0.39 is 0 Å². The Morgan fingerprint density at radius 1 is 1.42 bits per heavy atom. The number of hydrogen-bond acceptors (Lipinski definition) is 3. The normalized spacial score (nSPS) is 11.2. The Hall–Kier alpha value is -1.55. The van der Waals surface area contributed by atoms with Gasteiger partial charge in [-0.1, -0.05) is 26.0 Å². The summed E-state index contributed by atoms with van der Waals surface area (Å²) in [5.74, 6) is 0.740. The fourth-order valence-corrected chi connectivity index (χ4v) is 1.91. The Balaban J connectivity index is 2.76. The van der Waals surface area contributed by atoms with E-state index in [0.29, 0.717) is 6.54 Å². The van der Waals surface area contributed by atoms with E-state index in [0.717, 1.165) is 16.9 Å². The molecule has 2 N–H and O–H groups in total. The largest absolute Gasteiger partial charge is 0.496 e. The molecule has 0 aliphatic heterocycles.